The van der Waals surface area contributed by atoms with Gasteiger partial charge in [0.25, 0.3) is 11.7 Å². The molecule has 4 rings (SSSR count). The number of fused-ring (bicyclic) bond motifs is 2. The van der Waals surface area contributed by atoms with Crippen LogP contribution in [0, 0.1) is 0 Å². The summed E-state index contributed by atoms with van der Waals surface area (Å²) in [6.45, 7) is 0.578. The molecule has 5 nitrogen and oxygen atoms in total. The van der Waals surface area contributed by atoms with Crippen LogP contribution in [0.3, 0.4) is 0 Å². The third-order valence-electron chi connectivity index (χ3n) is 3.88. The van der Waals surface area contributed by atoms with Gasteiger partial charge in [0.15, 0.2) is 0 Å². The molecule has 6 heteroatoms. The first-order valence-corrected chi connectivity index (χ1v) is 7.66. The maximum absolute atomic E-state index is 12.3. The predicted molar refractivity (Wildman–Crippen MR) is 84.5 cm³/mol. The van der Waals surface area contributed by atoms with Crippen LogP contribution >= 0.6 is 11.6 Å². The summed E-state index contributed by atoms with van der Waals surface area (Å²) in [5.41, 5.74) is 1.43. The summed E-state index contributed by atoms with van der Waals surface area (Å²) >= 11 is 5.84. The van der Waals surface area contributed by atoms with Crippen LogP contribution < -0.4 is 10.1 Å². The largest absolute Gasteiger partial charge is 0.491 e. The van der Waals surface area contributed by atoms with Crippen molar-refractivity contribution in [3.63, 3.8) is 0 Å². The summed E-state index contributed by atoms with van der Waals surface area (Å²) < 4.78 is 17.3. The summed E-state index contributed by atoms with van der Waals surface area (Å²) in [7, 11) is 0. The van der Waals surface area contributed by atoms with Crippen molar-refractivity contribution in [3.05, 3.63) is 59.1 Å². The fourth-order valence-corrected chi connectivity index (χ4v) is 2.91. The number of halogens is 1. The van der Waals surface area contributed by atoms with E-state index in [1.54, 1.807) is 24.3 Å². The van der Waals surface area contributed by atoms with Gasteiger partial charge in [-0.25, -0.2) is 0 Å². The highest BCUT2D eigenvalue weighted by atomic mass is 35.5. The Morgan fingerprint density at radius 3 is 2.83 bits per heavy atom. The molecule has 0 radical (unpaired) electrons. The zero-order valence-electron chi connectivity index (χ0n) is 12.1. The molecule has 23 heavy (non-hydrogen) atoms. The number of amides is 1. The Bertz CT molecular complexity index is 749. The van der Waals surface area contributed by atoms with Crippen LogP contribution in [0.25, 0.3) is 0 Å². The zero-order valence-corrected chi connectivity index (χ0v) is 12.9. The van der Waals surface area contributed by atoms with Gasteiger partial charge >= 0.3 is 0 Å². The summed E-state index contributed by atoms with van der Waals surface area (Å²) in [6, 6.07) is 14.4. The van der Waals surface area contributed by atoms with E-state index in [9.17, 15) is 4.79 Å². The van der Waals surface area contributed by atoms with E-state index in [4.69, 9.17) is 25.8 Å². The van der Waals surface area contributed by atoms with Crippen molar-refractivity contribution in [2.75, 3.05) is 18.5 Å². The van der Waals surface area contributed by atoms with Crippen molar-refractivity contribution < 1.29 is 19.0 Å². The minimum atomic E-state index is -1.36. The van der Waals surface area contributed by atoms with Crippen molar-refractivity contribution in [1.29, 1.82) is 0 Å². The van der Waals surface area contributed by atoms with Gasteiger partial charge in [0, 0.05) is 10.6 Å². The summed E-state index contributed by atoms with van der Waals surface area (Å²) in [5.74, 6) is -0.965. The van der Waals surface area contributed by atoms with E-state index in [0.717, 1.165) is 5.69 Å². The van der Waals surface area contributed by atoms with Gasteiger partial charge in [-0.2, -0.15) is 0 Å². The van der Waals surface area contributed by atoms with Gasteiger partial charge in [-0.15, -0.1) is 0 Å². The highest BCUT2D eigenvalue weighted by Gasteiger charge is 2.55. The van der Waals surface area contributed by atoms with E-state index < -0.39 is 5.79 Å². The molecule has 0 unspecified atom stereocenters. The quantitative estimate of drug-likeness (QED) is 0.939. The van der Waals surface area contributed by atoms with E-state index in [-0.39, 0.29) is 18.6 Å². The van der Waals surface area contributed by atoms with Crippen LogP contribution in [0.4, 0.5) is 5.69 Å². The van der Waals surface area contributed by atoms with Crippen LogP contribution in [0.15, 0.2) is 48.5 Å². The smallest absolute Gasteiger partial charge is 0.289 e. The predicted octanol–water partition coefficient (Wildman–Crippen LogP) is 2.94. The summed E-state index contributed by atoms with van der Waals surface area (Å²) in [4.78, 5) is 12.3. The average molecular weight is 332 g/mol. The number of benzene rings is 2. The molecule has 2 aromatic rings. The van der Waals surface area contributed by atoms with E-state index >= 15 is 0 Å². The molecule has 1 saturated heterocycles. The average Bonchev–Trinajstić information content (AvgIpc) is 3.11. The van der Waals surface area contributed by atoms with E-state index in [1.807, 2.05) is 24.3 Å². The molecule has 1 fully saturated rings. The third-order valence-corrected chi connectivity index (χ3v) is 4.14. The molecule has 0 saturated carbocycles. The second-order valence-corrected chi connectivity index (χ2v) is 5.87. The van der Waals surface area contributed by atoms with Gasteiger partial charge in [-0.05, 0) is 30.3 Å². The molecule has 0 aromatic heterocycles. The van der Waals surface area contributed by atoms with Crippen molar-refractivity contribution in [3.8, 4) is 5.75 Å². The molecule has 2 aliphatic rings. The Morgan fingerprint density at radius 2 is 2.00 bits per heavy atom. The molecule has 1 spiro atoms. The minimum Gasteiger partial charge on any atom is -0.491 e. The van der Waals surface area contributed by atoms with E-state index in [1.165, 1.54) is 0 Å². The first-order chi connectivity index (χ1) is 11.2. The molecule has 2 aromatic carbocycles. The number of ether oxygens (including phenoxy) is 3. The van der Waals surface area contributed by atoms with E-state index in [0.29, 0.717) is 22.9 Å². The van der Waals surface area contributed by atoms with Crippen molar-refractivity contribution in [2.24, 2.45) is 0 Å². The standard InChI is InChI=1S/C17H14ClNO4/c18-11-5-7-12(8-6-11)21-9-13-10-22-17(23-13)14-3-1-2-4-15(14)19-16(17)20/h1-8,13H,9-10H2,(H,19,20)/t13-,17-/m1/s1. The molecule has 1 amide bonds. The maximum atomic E-state index is 12.3. The number of hydrogen-bond acceptors (Lipinski definition) is 4. The number of nitrogens with one attached hydrogen (secondary N) is 1. The van der Waals surface area contributed by atoms with Gasteiger partial charge in [0.2, 0.25) is 0 Å². The molecule has 2 aliphatic heterocycles. The molecule has 118 valence electrons. The lowest BCUT2D eigenvalue weighted by Crippen LogP contribution is -2.36. The fourth-order valence-electron chi connectivity index (χ4n) is 2.78. The normalized spacial score (nSPS) is 25.4. The van der Waals surface area contributed by atoms with E-state index in [2.05, 4.69) is 5.32 Å². The monoisotopic (exact) mass is 331 g/mol. The number of rotatable bonds is 3. The van der Waals surface area contributed by atoms with Crippen LogP contribution in [0.2, 0.25) is 5.02 Å². The summed E-state index contributed by atoms with van der Waals surface area (Å²) in [5, 5.41) is 3.44. The SMILES string of the molecule is O=C1Nc2ccccc2[C@]12OC[C@@H](COc1ccc(Cl)cc1)O2. The molecule has 2 atom stereocenters. The first-order valence-electron chi connectivity index (χ1n) is 7.28. The molecule has 1 N–H and O–H groups in total. The summed E-state index contributed by atoms with van der Waals surface area (Å²) in [6.07, 6.45) is -0.331. The molecular weight excluding hydrogens is 318 g/mol. The third kappa shape index (κ3) is 2.47. The molecule has 0 bridgehead atoms. The topological polar surface area (TPSA) is 56.8 Å². The number of carbonyl (C=O) groups excluding carboxylic acids is 1. The van der Waals surface area contributed by atoms with Crippen molar-refractivity contribution >= 4 is 23.2 Å². The maximum Gasteiger partial charge on any atom is 0.289 e. The van der Waals surface area contributed by atoms with Crippen molar-refractivity contribution in [1.82, 2.24) is 0 Å². The number of para-hydroxylation sites is 1. The zero-order chi connectivity index (χ0) is 15.9. The van der Waals surface area contributed by atoms with Crippen LogP contribution in [0.5, 0.6) is 5.75 Å². The van der Waals surface area contributed by atoms with Crippen molar-refractivity contribution in [2.45, 2.75) is 11.9 Å². The van der Waals surface area contributed by atoms with Gasteiger partial charge in [0.1, 0.15) is 18.5 Å². The Balaban J connectivity index is 1.47. The second-order valence-electron chi connectivity index (χ2n) is 5.43. The molecular formula is C17H14ClNO4. The first kappa shape index (κ1) is 14.5. The molecule has 2 heterocycles. The highest BCUT2D eigenvalue weighted by molar-refractivity contribution is 6.30. The van der Waals surface area contributed by atoms with Gasteiger partial charge in [-0.3, -0.25) is 4.79 Å². The number of hydrogen-bond donors (Lipinski definition) is 1. The van der Waals surface area contributed by atoms with Gasteiger partial charge in [-0.1, -0.05) is 29.8 Å². The lowest BCUT2D eigenvalue weighted by Gasteiger charge is -2.20. The van der Waals surface area contributed by atoms with Crippen LogP contribution in [-0.2, 0) is 20.1 Å². The van der Waals surface area contributed by atoms with Gasteiger partial charge in [0.05, 0.1) is 12.3 Å². The lowest BCUT2D eigenvalue weighted by molar-refractivity contribution is -0.185. The highest BCUT2D eigenvalue weighted by Crippen LogP contribution is 2.43. The Hall–Kier alpha value is -2.08. The lowest BCUT2D eigenvalue weighted by atomic mass is 10.1. The fraction of sp³-hybridized carbons (Fsp3) is 0.235. The van der Waals surface area contributed by atoms with Crippen LogP contribution in [-0.4, -0.2) is 25.2 Å². The number of anilines is 1. The van der Waals surface area contributed by atoms with Gasteiger partial charge < -0.3 is 19.5 Å². The van der Waals surface area contributed by atoms with Crippen LogP contribution in [0.1, 0.15) is 5.56 Å². The Labute approximate surface area is 138 Å². The second kappa shape index (κ2) is 5.53. The molecule has 0 aliphatic carbocycles. The Morgan fingerprint density at radius 1 is 1.22 bits per heavy atom. The Kier molecular flexibility index (Phi) is 3.49. The minimum absolute atomic E-state index is 0.287. The number of carbonyl (C=O) groups is 1.